The van der Waals surface area contributed by atoms with Crippen molar-refractivity contribution >= 4 is 27.7 Å². The summed E-state index contributed by atoms with van der Waals surface area (Å²) in [4.78, 5) is 16.7. The lowest BCUT2D eigenvalue weighted by Gasteiger charge is -2.09. The quantitative estimate of drug-likeness (QED) is 0.406. The molecule has 0 fully saturated rings. The summed E-state index contributed by atoms with van der Waals surface area (Å²) in [6.45, 7) is 2.62. The van der Waals surface area contributed by atoms with E-state index in [0.717, 1.165) is 15.6 Å². The first-order valence-corrected chi connectivity index (χ1v) is 10.4. The molecule has 2 heterocycles. The van der Waals surface area contributed by atoms with Gasteiger partial charge in [-0.25, -0.2) is 9.67 Å². The van der Waals surface area contributed by atoms with E-state index in [2.05, 4.69) is 31.3 Å². The van der Waals surface area contributed by atoms with Gasteiger partial charge in [0.15, 0.2) is 11.7 Å². The van der Waals surface area contributed by atoms with Crippen LogP contribution in [0.5, 0.6) is 0 Å². The lowest BCUT2D eigenvalue weighted by Crippen LogP contribution is -2.16. The highest BCUT2D eigenvalue weighted by atomic mass is 79.9. The van der Waals surface area contributed by atoms with Crippen molar-refractivity contribution in [3.63, 3.8) is 0 Å². The highest BCUT2D eigenvalue weighted by Gasteiger charge is 2.11. The molecule has 0 saturated carbocycles. The van der Waals surface area contributed by atoms with Gasteiger partial charge in [0.2, 0.25) is 5.91 Å². The molecular weight excluding hydrogens is 444 g/mol. The highest BCUT2D eigenvalue weighted by molar-refractivity contribution is 9.10. The largest absolute Gasteiger partial charge is 0.441 e. The Labute approximate surface area is 183 Å². The summed E-state index contributed by atoms with van der Waals surface area (Å²) in [5.41, 5.74) is 3.26. The summed E-state index contributed by atoms with van der Waals surface area (Å²) in [7, 11) is 0. The molecule has 2 aromatic carbocycles. The SMILES string of the molecule is Cc1ccc(-c2cnc(CCC(=O)Nc3ccnn3Cc3ccc(Br)cc3)o2)cc1. The Bertz CT molecular complexity index is 1130. The van der Waals surface area contributed by atoms with E-state index in [9.17, 15) is 4.79 Å². The number of anilines is 1. The molecule has 6 nitrogen and oxygen atoms in total. The molecule has 0 unspecified atom stereocenters. The maximum atomic E-state index is 12.4. The van der Waals surface area contributed by atoms with Crippen molar-refractivity contribution in [3.05, 3.63) is 88.5 Å². The van der Waals surface area contributed by atoms with Crippen LogP contribution in [0.2, 0.25) is 0 Å². The van der Waals surface area contributed by atoms with E-state index in [1.807, 2.05) is 55.5 Å². The second kappa shape index (κ2) is 9.09. The van der Waals surface area contributed by atoms with Crippen molar-refractivity contribution in [2.24, 2.45) is 0 Å². The second-order valence-corrected chi connectivity index (χ2v) is 7.95. The molecule has 152 valence electrons. The Morgan fingerprint density at radius 1 is 1.10 bits per heavy atom. The molecule has 2 aromatic heterocycles. The number of amides is 1. The van der Waals surface area contributed by atoms with Crippen LogP contribution in [0, 0.1) is 6.92 Å². The van der Waals surface area contributed by atoms with Gasteiger partial charge in [0.25, 0.3) is 0 Å². The van der Waals surface area contributed by atoms with E-state index in [1.54, 1.807) is 23.1 Å². The molecule has 1 amide bonds. The minimum atomic E-state index is -0.109. The van der Waals surface area contributed by atoms with Crippen molar-refractivity contribution in [1.29, 1.82) is 0 Å². The van der Waals surface area contributed by atoms with E-state index in [4.69, 9.17) is 4.42 Å². The summed E-state index contributed by atoms with van der Waals surface area (Å²) in [5, 5.41) is 7.23. The van der Waals surface area contributed by atoms with Crippen LogP contribution < -0.4 is 5.32 Å². The third kappa shape index (κ3) is 5.04. The Kier molecular flexibility index (Phi) is 6.09. The smallest absolute Gasteiger partial charge is 0.226 e. The van der Waals surface area contributed by atoms with Crippen molar-refractivity contribution in [2.75, 3.05) is 5.32 Å². The maximum Gasteiger partial charge on any atom is 0.226 e. The Morgan fingerprint density at radius 3 is 2.63 bits per heavy atom. The third-order valence-corrected chi connectivity index (χ3v) is 5.21. The second-order valence-electron chi connectivity index (χ2n) is 7.03. The van der Waals surface area contributed by atoms with Crippen LogP contribution >= 0.6 is 15.9 Å². The maximum absolute atomic E-state index is 12.4. The number of halogens is 1. The first-order valence-electron chi connectivity index (χ1n) is 9.65. The topological polar surface area (TPSA) is 73.0 Å². The van der Waals surface area contributed by atoms with Gasteiger partial charge in [-0.1, -0.05) is 57.9 Å². The normalized spacial score (nSPS) is 10.9. The summed E-state index contributed by atoms with van der Waals surface area (Å²) in [5.74, 6) is 1.81. The summed E-state index contributed by atoms with van der Waals surface area (Å²) < 4.78 is 8.59. The Balaban J connectivity index is 1.33. The molecule has 30 heavy (non-hydrogen) atoms. The molecule has 0 atom stereocenters. The molecular formula is C23H21BrN4O2. The molecule has 4 aromatic rings. The van der Waals surface area contributed by atoms with Crippen molar-refractivity contribution in [2.45, 2.75) is 26.3 Å². The zero-order valence-corrected chi connectivity index (χ0v) is 18.1. The molecule has 1 N–H and O–H groups in total. The van der Waals surface area contributed by atoms with E-state index in [0.29, 0.717) is 30.4 Å². The number of carbonyl (C=O) groups is 1. The number of rotatable bonds is 7. The minimum absolute atomic E-state index is 0.109. The number of aromatic nitrogens is 3. The van der Waals surface area contributed by atoms with Crippen LogP contribution in [-0.2, 0) is 17.8 Å². The minimum Gasteiger partial charge on any atom is -0.441 e. The molecule has 0 aliphatic heterocycles. The first-order chi connectivity index (χ1) is 14.6. The van der Waals surface area contributed by atoms with Crippen LogP contribution in [0.25, 0.3) is 11.3 Å². The fourth-order valence-corrected chi connectivity index (χ4v) is 3.29. The lowest BCUT2D eigenvalue weighted by atomic mass is 10.1. The molecule has 0 saturated heterocycles. The van der Waals surface area contributed by atoms with Gasteiger partial charge in [-0.15, -0.1) is 0 Å². The molecule has 4 rings (SSSR count). The van der Waals surface area contributed by atoms with Gasteiger partial charge in [-0.2, -0.15) is 5.10 Å². The number of hydrogen-bond acceptors (Lipinski definition) is 4. The van der Waals surface area contributed by atoms with Gasteiger partial charge >= 0.3 is 0 Å². The first kappa shape index (κ1) is 20.1. The van der Waals surface area contributed by atoms with E-state index in [1.165, 1.54) is 5.56 Å². The van der Waals surface area contributed by atoms with Gasteiger partial charge in [0.1, 0.15) is 5.82 Å². The van der Waals surface area contributed by atoms with Gasteiger partial charge < -0.3 is 9.73 Å². The molecule has 0 aliphatic rings. The summed E-state index contributed by atoms with van der Waals surface area (Å²) in [6, 6.07) is 17.9. The Morgan fingerprint density at radius 2 is 1.87 bits per heavy atom. The molecule has 0 radical (unpaired) electrons. The van der Waals surface area contributed by atoms with Crippen LogP contribution in [0.1, 0.15) is 23.4 Å². The average Bonchev–Trinajstić information content (AvgIpc) is 3.39. The standard InChI is InChI=1S/C23H21BrN4O2/c1-16-2-6-18(7-3-16)20-14-25-23(30-20)11-10-22(29)27-21-12-13-26-28(21)15-17-4-8-19(24)9-5-17/h2-9,12-14H,10-11,15H2,1H3,(H,27,29). The Hall–Kier alpha value is -3.19. The number of nitrogens with zero attached hydrogens (tertiary/aromatic N) is 3. The number of carbonyl (C=O) groups excluding carboxylic acids is 1. The van der Waals surface area contributed by atoms with Gasteiger partial charge in [0, 0.05) is 28.9 Å². The number of aryl methyl sites for hydroxylation is 2. The van der Waals surface area contributed by atoms with E-state index < -0.39 is 0 Å². The third-order valence-electron chi connectivity index (χ3n) is 4.69. The summed E-state index contributed by atoms with van der Waals surface area (Å²) in [6.07, 6.45) is 4.08. The van der Waals surface area contributed by atoms with Crippen LogP contribution in [-0.4, -0.2) is 20.7 Å². The highest BCUT2D eigenvalue weighted by Crippen LogP contribution is 2.21. The van der Waals surface area contributed by atoms with Gasteiger partial charge in [0.05, 0.1) is 18.9 Å². The van der Waals surface area contributed by atoms with Crippen molar-refractivity contribution < 1.29 is 9.21 Å². The monoisotopic (exact) mass is 464 g/mol. The van der Waals surface area contributed by atoms with Crippen LogP contribution in [0.15, 0.2) is 75.9 Å². The van der Waals surface area contributed by atoms with E-state index >= 15 is 0 Å². The number of nitrogens with one attached hydrogen (secondary N) is 1. The zero-order chi connectivity index (χ0) is 20.9. The van der Waals surface area contributed by atoms with Crippen molar-refractivity contribution in [3.8, 4) is 11.3 Å². The van der Waals surface area contributed by atoms with Crippen molar-refractivity contribution in [1.82, 2.24) is 14.8 Å². The van der Waals surface area contributed by atoms with Gasteiger partial charge in [-0.05, 0) is 24.6 Å². The molecule has 0 bridgehead atoms. The predicted octanol–water partition coefficient (Wildman–Crippen LogP) is 5.23. The van der Waals surface area contributed by atoms with Crippen LogP contribution in [0.4, 0.5) is 5.82 Å². The molecule has 0 spiro atoms. The fourth-order valence-electron chi connectivity index (χ4n) is 3.03. The lowest BCUT2D eigenvalue weighted by molar-refractivity contribution is -0.116. The molecule has 0 aliphatic carbocycles. The van der Waals surface area contributed by atoms with E-state index in [-0.39, 0.29) is 12.3 Å². The predicted molar refractivity (Wildman–Crippen MR) is 119 cm³/mol. The number of hydrogen-bond donors (Lipinski definition) is 1. The van der Waals surface area contributed by atoms with Crippen LogP contribution in [0.3, 0.4) is 0 Å². The number of benzene rings is 2. The fraction of sp³-hybridized carbons (Fsp3) is 0.174. The number of oxazole rings is 1. The average molecular weight is 465 g/mol. The molecule has 7 heteroatoms. The summed E-state index contributed by atoms with van der Waals surface area (Å²) >= 11 is 3.43. The zero-order valence-electron chi connectivity index (χ0n) is 16.5. The van der Waals surface area contributed by atoms with Gasteiger partial charge in [-0.3, -0.25) is 4.79 Å².